The molecule has 0 bridgehead atoms. The molecule has 0 aliphatic carbocycles. The summed E-state index contributed by atoms with van der Waals surface area (Å²) in [7, 11) is 1.75. The molecule has 1 fully saturated rings. The molecule has 96 valence electrons. The van der Waals surface area contributed by atoms with Crippen LogP contribution in [0.4, 0.5) is 0 Å². The molecule has 1 heterocycles. The molecule has 2 atom stereocenters. The summed E-state index contributed by atoms with van der Waals surface area (Å²) in [6.07, 6.45) is 3.47. The minimum Gasteiger partial charge on any atom is -0.385 e. The first-order valence-corrected chi connectivity index (χ1v) is 6.36. The van der Waals surface area contributed by atoms with E-state index in [0.717, 1.165) is 45.8 Å². The van der Waals surface area contributed by atoms with E-state index in [1.54, 1.807) is 7.11 Å². The van der Waals surface area contributed by atoms with Crippen molar-refractivity contribution in [3.63, 3.8) is 0 Å². The van der Waals surface area contributed by atoms with Gasteiger partial charge in [0.15, 0.2) is 0 Å². The normalized spacial score (nSPS) is 23.2. The van der Waals surface area contributed by atoms with Gasteiger partial charge < -0.3 is 20.1 Å². The van der Waals surface area contributed by atoms with E-state index in [1.807, 2.05) is 0 Å². The molecule has 1 aliphatic rings. The lowest BCUT2D eigenvalue weighted by Crippen LogP contribution is -2.45. The molecule has 1 saturated heterocycles. The molecule has 1 rings (SSSR count). The summed E-state index contributed by atoms with van der Waals surface area (Å²) in [6, 6.07) is 1.08. The van der Waals surface area contributed by atoms with Crippen LogP contribution in [0.15, 0.2) is 0 Å². The van der Waals surface area contributed by atoms with Crippen molar-refractivity contribution in [2.75, 3.05) is 40.0 Å². The number of nitrogens with one attached hydrogen (secondary N) is 2. The lowest BCUT2D eigenvalue weighted by molar-refractivity contribution is 0.0712. The van der Waals surface area contributed by atoms with Gasteiger partial charge in [-0.15, -0.1) is 0 Å². The van der Waals surface area contributed by atoms with Gasteiger partial charge in [-0.05, 0) is 32.7 Å². The zero-order chi connectivity index (χ0) is 11.6. The van der Waals surface area contributed by atoms with Gasteiger partial charge in [0.2, 0.25) is 0 Å². The zero-order valence-corrected chi connectivity index (χ0v) is 10.6. The SMILES string of the molecule is COCCCCNC(C)CC1COCCN1. The minimum absolute atomic E-state index is 0.523. The Balaban J connectivity index is 1.95. The Morgan fingerprint density at radius 1 is 1.50 bits per heavy atom. The quantitative estimate of drug-likeness (QED) is 0.604. The minimum atomic E-state index is 0.523. The van der Waals surface area contributed by atoms with Crippen LogP contribution in [-0.4, -0.2) is 52.1 Å². The van der Waals surface area contributed by atoms with Crippen LogP contribution in [0.3, 0.4) is 0 Å². The van der Waals surface area contributed by atoms with E-state index in [9.17, 15) is 0 Å². The molecule has 0 radical (unpaired) electrons. The van der Waals surface area contributed by atoms with Crippen molar-refractivity contribution >= 4 is 0 Å². The van der Waals surface area contributed by atoms with Gasteiger partial charge in [0.05, 0.1) is 13.2 Å². The highest BCUT2D eigenvalue weighted by Crippen LogP contribution is 2.02. The molecule has 16 heavy (non-hydrogen) atoms. The number of rotatable bonds is 8. The molecule has 2 N–H and O–H groups in total. The number of morpholine rings is 1. The predicted molar refractivity (Wildman–Crippen MR) is 65.8 cm³/mol. The number of hydrogen-bond acceptors (Lipinski definition) is 4. The lowest BCUT2D eigenvalue weighted by Gasteiger charge is -2.26. The largest absolute Gasteiger partial charge is 0.385 e. The summed E-state index contributed by atoms with van der Waals surface area (Å²) in [4.78, 5) is 0. The van der Waals surface area contributed by atoms with Crippen molar-refractivity contribution in [3.8, 4) is 0 Å². The summed E-state index contributed by atoms with van der Waals surface area (Å²) in [5.41, 5.74) is 0. The number of ether oxygens (including phenoxy) is 2. The molecule has 0 aromatic rings. The van der Waals surface area contributed by atoms with Crippen LogP contribution in [0.5, 0.6) is 0 Å². The first-order valence-electron chi connectivity index (χ1n) is 6.36. The molecule has 0 aromatic carbocycles. The molecular weight excluding hydrogens is 204 g/mol. The maximum atomic E-state index is 5.43. The molecular formula is C12H26N2O2. The second-order valence-electron chi connectivity index (χ2n) is 4.52. The summed E-state index contributed by atoms with van der Waals surface area (Å²) in [5, 5.41) is 7.01. The highest BCUT2D eigenvalue weighted by molar-refractivity contribution is 4.75. The molecule has 1 aliphatic heterocycles. The van der Waals surface area contributed by atoms with Crippen molar-refractivity contribution in [3.05, 3.63) is 0 Å². The van der Waals surface area contributed by atoms with E-state index in [0.29, 0.717) is 12.1 Å². The van der Waals surface area contributed by atoms with E-state index < -0.39 is 0 Å². The second kappa shape index (κ2) is 8.93. The van der Waals surface area contributed by atoms with Crippen molar-refractivity contribution < 1.29 is 9.47 Å². The third kappa shape index (κ3) is 6.43. The van der Waals surface area contributed by atoms with E-state index in [1.165, 1.54) is 6.42 Å². The van der Waals surface area contributed by atoms with Gasteiger partial charge in [-0.1, -0.05) is 0 Å². The monoisotopic (exact) mass is 230 g/mol. The van der Waals surface area contributed by atoms with Crippen LogP contribution in [0, 0.1) is 0 Å². The van der Waals surface area contributed by atoms with E-state index in [2.05, 4.69) is 17.6 Å². The van der Waals surface area contributed by atoms with Gasteiger partial charge >= 0.3 is 0 Å². The van der Waals surface area contributed by atoms with Gasteiger partial charge in [0, 0.05) is 32.3 Å². The summed E-state index contributed by atoms with van der Waals surface area (Å²) < 4.78 is 10.4. The van der Waals surface area contributed by atoms with Crippen LogP contribution in [0.2, 0.25) is 0 Å². The van der Waals surface area contributed by atoms with Crippen molar-refractivity contribution in [2.24, 2.45) is 0 Å². The number of hydrogen-bond donors (Lipinski definition) is 2. The number of methoxy groups -OCH3 is 1. The molecule has 4 nitrogen and oxygen atoms in total. The third-order valence-corrected chi connectivity index (χ3v) is 2.90. The number of unbranched alkanes of at least 4 members (excludes halogenated alkanes) is 1. The van der Waals surface area contributed by atoms with Gasteiger partial charge in [-0.2, -0.15) is 0 Å². The fourth-order valence-electron chi connectivity index (χ4n) is 2.00. The Morgan fingerprint density at radius 3 is 3.06 bits per heavy atom. The summed E-state index contributed by atoms with van der Waals surface area (Å²) in [6.45, 7) is 6.90. The molecule has 0 aromatic heterocycles. The first kappa shape index (κ1) is 13.9. The van der Waals surface area contributed by atoms with Gasteiger partial charge in [0.25, 0.3) is 0 Å². The van der Waals surface area contributed by atoms with Gasteiger partial charge in [-0.25, -0.2) is 0 Å². The van der Waals surface area contributed by atoms with Gasteiger partial charge in [0.1, 0.15) is 0 Å². The fourth-order valence-corrected chi connectivity index (χ4v) is 2.00. The van der Waals surface area contributed by atoms with Crippen LogP contribution in [-0.2, 0) is 9.47 Å². The maximum absolute atomic E-state index is 5.43. The highest BCUT2D eigenvalue weighted by Gasteiger charge is 2.15. The second-order valence-corrected chi connectivity index (χ2v) is 4.52. The Hall–Kier alpha value is -0.160. The molecule has 4 heteroatoms. The van der Waals surface area contributed by atoms with Crippen molar-refractivity contribution in [1.29, 1.82) is 0 Å². The van der Waals surface area contributed by atoms with Crippen LogP contribution in [0.1, 0.15) is 26.2 Å². The van der Waals surface area contributed by atoms with Crippen LogP contribution < -0.4 is 10.6 Å². The highest BCUT2D eigenvalue weighted by atomic mass is 16.5. The van der Waals surface area contributed by atoms with E-state index in [4.69, 9.17) is 9.47 Å². The fraction of sp³-hybridized carbons (Fsp3) is 1.00. The zero-order valence-electron chi connectivity index (χ0n) is 10.6. The standard InChI is InChI=1S/C12H26N2O2/c1-11(13-5-3-4-7-15-2)9-12-10-16-8-6-14-12/h11-14H,3-10H2,1-2H3. The smallest absolute Gasteiger partial charge is 0.0620 e. The first-order chi connectivity index (χ1) is 7.83. The Morgan fingerprint density at radius 2 is 2.38 bits per heavy atom. The van der Waals surface area contributed by atoms with Crippen LogP contribution in [0.25, 0.3) is 0 Å². The molecule has 0 amide bonds. The Bertz CT molecular complexity index is 161. The topological polar surface area (TPSA) is 42.5 Å². The van der Waals surface area contributed by atoms with Crippen LogP contribution >= 0.6 is 0 Å². The molecule has 0 saturated carbocycles. The Kier molecular flexibility index (Phi) is 7.76. The average Bonchev–Trinajstić information content (AvgIpc) is 2.30. The van der Waals surface area contributed by atoms with Crippen molar-refractivity contribution in [2.45, 2.75) is 38.3 Å². The third-order valence-electron chi connectivity index (χ3n) is 2.90. The average molecular weight is 230 g/mol. The maximum Gasteiger partial charge on any atom is 0.0620 e. The van der Waals surface area contributed by atoms with E-state index >= 15 is 0 Å². The lowest BCUT2D eigenvalue weighted by atomic mass is 10.1. The van der Waals surface area contributed by atoms with Gasteiger partial charge in [-0.3, -0.25) is 0 Å². The molecule has 2 unspecified atom stereocenters. The molecule has 0 spiro atoms. The summed E-state index contributed by atoms with van der Waals surface area (Å²) >= 11 is 0. The predicted octanol–water partition coefficient (Wildman–Crippen LogP) is 0.770. The van der Waals surface area contributed by atoms with Crippen molar-refractivity contribution in [1.82, 2.24) is 10.6 Å². The summed E-state index contributed by atoms with van der Waals surface area (Å²) in [5.74, 6) is 0. The van der Waals surface area contributed by atoms with E-state index in [-0.39, 0.29) is 0 Å². The Labute approximate surface area is 99.1 Å².